The van der Waals surface area contributed by atoms with Crippen LogP contribution in [-0.2, 0) is 52.4 Å². The normalized spacial score (nSPS) is 24.4. The van der Waals surface area contributed by atoms with Crippen molar-refractivity contribution in [3.8, 4) is 23.0 Å². The number of aliphatic hydroxyl groups is 4. The number of fused-ring (bicyclic) bond motifs is 3. The Labute approximate surface area is 517 Å². The minimum Gasteiger partial charge on any atom is -0.490 e. The molecule has 10 unspecified atom stereocenters. The molecule has 20 nitrogen and oxygen atoms in total. The minimum atomic E-state index is -1.28. The monoisotopic (exact) mass is 1250 g/mol. The van der Waals surface area contributed by atoms with Crippen LogP contribution in [0.4, 0.5) is 0 Å². The number of carbonyl (C=O) groups is 6. The summed E-state index contributed by atoms with van der Waals surface area (Å²) in [5.41, 5.74) is 1.03. The summed E-state index contributed by atoms with van der Waals surface area (Å²) in [5, 5.41) is 47.3. The summed E-state index contributed by atoms with van der Waals surface area (Å²) in [6.07, 6.45) is 0.372. The molecule has 4 aromatic rings. The first-order valence-electron chi connectivity index (χ1n) is 29.3. The predicted molar refractivity (Wildman–Crippen MR) is 322 cm³/mol. The van der Waals surface area contributed by atoms with Gasteiger partial charge in [0.05, 0.1) is 33.0 Å². The second-order valence-corrected chi connectivity index (χ2v) is 24.7. The van der Waals surface area contributed by atoms with Gasteiger partial charge in [0.2, 0.25) is 0 Å². The molecule has 88 heavy (non-hydrogen) atoms. The predicted octanol–water partition coefficient (Wildman–Crippen LogP) is 6.93. The number of benzene rings is 4. The van der Waals surface area contributed by atoms with E-state index in [1.807, 2.05) is 24.3 Å². The molecule has 0 radical (unpaired) electrons. The first-order valence-corrected chi connectivity index (χ1v) is 31.2. The van der Waals surface area contributed by atoms with Gasteiger partial charge in [-0.15, -0.1) is 23.5 Å². The molecule has 0 aromatic heterocycles. The summed E-state index contributed by atoms with van der Waals surface area (Å²) >= 11 is 2.93. The van der Waals surface area contributed by atoms with Gasteiger partial charge < -0.3 is 67.8 Å². The molecule has 5 aliphatic rings. The topological polar surface area (TPSA) is 276 Å². The van der Waals surface area contributed by atoms with E-state index in [1.54, 1.807) is 79.7 Å². The number of ether oxygens (including phenoxy) is 10. The molecular formula is C66H72O20S2. The zero-order valence-corrected chi connectivity index (χ0v) is 50.1. The summed E-state index contributed by atoms with van der Waals surface area (Å²) in [7, 11) is 0. The van der Waals surface area contributed by atoms with Gasteiger partial charge in [0.15, 0.2) is 36.9 Å². The molecule has 1 saturated heterocycles. The van der Waals surface area contributed by atoms with Gasteiger partial charge >= 0.3 is 29.8 Å². The number of aliphatic hydroxyl groups excluding tert-OH is 4. The van der Waals surface area contributed by atoms with E-state index < -0.39 is 93.9 Å². The van der Waals surface area contributed by atoms with E-state index in [0.717, 1.165) is 18.2 Å². The van der Waals surface area contributed by atoms with Crippen molar-refractivity contribution in [2.24, 2.45) is 29.6 Å². The summed E-state index contributed by atoms with van der Waals surface area (Å²) in [4.78, 5) is 74.6. The quantitative estimate of drug-likeness (QED) is 0.0148. The molecular weight excluding hydrogens is 1180 g/mol. The third-order valence-corrected chi connectivity index (χ3v) is 19.6. The number of Topliss-reactive ketones (excluding diaryl/α,β-unsaturated/α-hetero) is 1. The summed E-state index contributed by atoms with van der Waals surface area (Å²) in [6, 6.07) is 27.4. The van der Waals surface area contributed by atoms with Crippen molar-refractivity contribution in [3.05, 3.63) is 157 Å². The highest BCUT2D eigenvalue weighted by Gasteiger charge is 2.53. The molecule has 3 fully saturated rings. The van der Waals surface area contributed by atoms with Crippen molar-refractivity contribution in [2.45, 2.75) is 117 Å². The van der Waals surface area contributed by atoms with Crippen molar-refractivity contribution in [3.63, 3.8) is 0 Å². The van der Waals surface area contributed by atoms with Gasteiger partial charge in [-0.05, 0) is 105 Å². The van der Waals surface area contributed by atoms with Gasteiger partial charge in [-0.2, -0.15) is 0 Å². The first-order chi connectivity index (χ1) is 42.5. The second kappa shape index (κ2) is 30.5. The smallest absolute Gasteiger partial charge is 0.330 e. The molecule has 0 amide bonds. The maximum absolute atomic E-state index is 14.1. The lowest BCUT2D eigenvalue weighted by atomic mass is 9.81. The van der Waals surface area contributed by atoms with E-state index in [-0.39, 0.29) is 62.1 Å². The number of hydrogen-bond donors (Lipinski definition) is 4. The number of ketones is 1. The van der Waals surface area contributed by atoms with Crippen LogP contribution in [0.25, 0.3) is 11.5 Å². The van der Waals surface area contributed by atoms with Gasteiger partial charge in [-0.3, -0.25) is 14.4 Å². The highest BCUT2D eigenvalue weighted by molar-refractivity contribution is 8.21. The van der Waals surface area contributed by atoms with E-state index >= 15 is 0 Å². The summed E-state index contributed by atoms with van der Waals surface area (Å²) in [5.74, 6) is -2.89. The van der Waals surface area contributed by atoms with Crippen molar-refractivity contribution in [2.75, 3.05) is 26.4 Å². The molecule has 0 bridgehead atoms. The maximum atomic E-state index is 14.1. The molecule has 1 heterocycles. The zero-order valence-electron chi connectivity index (χ0n) is 48.5. The van der Waals surface area contributed by atoms with E-state index in [1.165, 1.54) is 23.5 Å². The van der Waals surface area contributed by atoms with Crippen LogP contribution in [0.15, 0.2) is 135 Å². The molecule has 4 aliphatic carbocycles. The highest BCUT2D eigenvalue weighted by Crippen LogP contribution is 2.58. The number of thioether (sulfide) groups is 2. The van der Waals surface area contributed by atoms with Gasteiger partial charge in [0.1, 0.15) is 60.9 Å². The van der Waals surface area contributed by atoms with Gasteiger partial charge in [-0.25, -0.2) is 14.4 Å². The molecule has 468 valence electrons. The van der Waals surface area contributed by atoms with Crippen LogP contribution in [0, 0.1) is 29.6 Å². The fraction of sp³-hybridized carbons (Fsp3) is 0.424. The van der Waals surface area contributed by atoms with E-state index in [9.17, 15) is 49.2 Å². The molecule has 22 heteroatoms. The van der Waals surface area contributed by atoms with Crippen LogP contribution in [0.1, 0.15) is 86.7 Å². The average Bonchev–Trinajstić information content (AvgIpc) is 1.58. The Balaban J connectivity index is 0.828. The Bertz CT molecular complexity index is 3280. The van der Waals surface area contributed by atoms with Crippen LogP contribution < -0.4 is 29.4 Å². The third kappa shape index (κ3) is 16.2. The molecule has 9 rings (SSSR count). The molecule has 10 atom stereocenters. The summed E-state index contributed by atoms with van der Waals surface area (Å²) in [6.45, 7) is 11.0. The van der Waals surface area contributed by atoms with E-state index in [0.29, 0.717) is 102 Å². The molecule has 0 spiro atoms. The minimum absolute atomic E-state index is 0.0838. The molecule has 4 aromatic carbocycles. The fourth-order valence-corrected chi connectivity index (χ4v) is 15.3. The maximum Gasteiger partial charge on any atom is 0.330 e. The Hall–Kier alpha value is -7.60. The van der Waals surface area contributed by atoms with E-state index in [4.69, 9.17) is 47.4 Å². The first kappa shape index (κ1) is 64.9. The fourth-order valence-electron chi connectivity index (χ4n) is 11.3. The Morgan fingerprint density at radius 3 is 1.49 bits per heavy atom. The second-order valence-electron chi connectivity index (χ2n) is 21.9. The lowest BCUT2D eigenvalue weighted by Gasteiger charge is -2.36. The average molecular weight is 1250 g/mol. The van der Waals surface area contributed by atoms with Gasteiger partial charge in [-0.1, -0.05) is 75.2 Å². The van der Waals surface area contributed by atoms with Crippen molar-refractivity contribution >= 4 is 70.7 Å². The van der Waals surface area contributed by atoms with Gasteiger partial charge in [0.25, 0.3) is 0 Å². The number of hydrogen-bond acceptors (Lipinski definition) is 22. The lowest BCUT2D eigenvalue weighted by Crippen LogP contribution is -2.45. The molecule has 4 N–H and O–H groups in total. The Morgan fingerprint density at radius 1 is 0.557 bits per heavy atom. The number of rotatable bonds is 28. The summed E-state index contributed by atoms with van der Waals surface area (Å²) < 4.78 is 56.8. The molecule has 1 aliphatic heterocycles. The van der Waals surface area contributed by atoms with Crippen LogP contribution in [0.3, 0.4) is 0 Å². The third-order valence-electron chi connectivity index (χ3n) is 16.1. The zero-order chi connectivity index (χ0) is 62.4. The highest BCUT2D eigenvalue weighted by atomic mass is 32.2. The number of carbonyl (C=O) groups excluding carboxylic acids is 6. The van der Waals surface area contributed by atoms with Crippen LogP contribution in [0.2, 0.25) is 0 Å². The van der Waals surface area contributed by atoms with Crippen molar-refractivity contribution in [1.29, 1.82) is 0 Å². The Morgan fingerprint density at radius 2 is 1.00 bits per heavy atom. The van der Waals surface area contributed by atoms with E-state index in [2.05, 4.69) is 19.7 Å². The lowest BCUT2D eigenvalue weighted by molar-refractivity contribution is -0.158. The largest absolute Gasteiger partial charge is 0.490 e. The van der Waals surface area contributed by atoms with Crippen LogP contribution in [0.5, 0.6) is 23.0 Å². The SMILES string of the molecule is C=CC(=O)OCC(COc1ccc(OC(=O)C2CCC(C(O)OC3=c4ccccc4=C(OC(O)C4CCC(C(O)Oc5ccc(OCC(COC(=O)C=C)OC(=O)CC)cc5)CC4)C4SC(C5C(=O)c6ccccc6C5O)SC34)CC2)cc1)OC(=O)C=C. The number of esters is 5. The van der Waals surface area contributed by atoms with Crippen LogP contribution in [-0.4, -0.2) is 129 Å². The van der Waals surface area contributed by atoms with Crippen molar-refractivity contribution < 1.29 is 96.6 Å². The van der Waals surface area contributed by atoms with Crippen molar-refractivity contribution in [1.82, 2.24) is 0 Å². The Kier molecular flexibility index (Phi) is 22.5. The standard InChI is InChI=1S/C66H72O20S2/c1-5-51(67)79-35-45(81-53(69)7-3)33-77-41-25-29-43(30-26-41)83-62(73)37-17-21-39(22-18-37)64(75)85-58-49-15-11-12-16-50(49)59(61-60(58)87-66(88-61)55-56(71)47-13-9-10-14-48(47)57(55)72)86-65(76)40-23-19-38(20-24-40)63(74)84-44-31-27-42(28-32-44)78-34-46(82-54(70)8-4)36-80-52(68)6-2/h5-7,9-16,25-32,37-40,45-46,55-56,60-61,63-66,71,74-76H,1-3,8,17-24,33-36H2,4H3. The van der Waals surface area contributed by atoms with Gasteiger partial charge in [0, 0.05) is 58.4 Å². The molecule has 2 saturated carbocycles. The van der Waals surface area contributed by atoms with Crippen LogP contribution >= 0.6 is 23.5 Å².